The van der Waals surface area contributed by atoms with Crippen LogP contribution in [0.5, 0.6) is 0 Å². The van der Waals surface area contributed by atoms with Crippen molar-refractivity contribution in [3.05, 3.63) is 5.01 Å². The van der Waals surface area contributed by atoms with E-state index in [-0.39, 0.29) is 11.7 Å². The molecule has 20 heavy (non-hydrogen) atoms. The highest BCUT2D eigenvalue weighted by atomic mass is 32.1. The van der Waals surface area contributed by atoms with Gasteiger partial charge in [0, 0.05) is 6.54 Å². The van der Waals surface area contributed by atoms with Crippen LogP contribution in [0.1, 0.15) is 43.5 Å². The molecule has 6 nitrogen and oxygen atoms in total. The number of urea groups is 1. The Morgan fingerprint density at radius 2 is 2.05 bits per heavy atom. The summed E-state index contributed by atoms with van der Waals surface area (Å²) in [7, 11) is 0. The van der Waals surface area contributed by atoms with E-state index in [2.05, 4.69) is 20.8 Å². The minimum atomic E-state index is -2.70. The van der Waals surface area contributed by atoms with Crippen molar-refractivity contribution < 1.29 is 18.7 Å². The van der Waals surface area contributed by atoms with Gasteiger partial charge in [-0.05, 0) is 12.8 Å². The third-order valence-electron chi connectivity index (χ3n) is 3.21. The second-order valence-electron chi connectivity index (χ2n) is 4.84. The first kappa shape index (κ1) is 15.0. The summed E-state index contributed by atoms with van der Waals surface area (Å²) < 4.78 is 24.6. The van der Waals surface area contributed by atoms with Gasteiger partial charge in [0.25, 0.3) is 6.43 Å². The maximum atomic E-state index is 12.3. The van der Waals surface area contributed by atoms with Gasteiger partial charge in [-0.25, -0.2) is 13.6 Å². The number of halogens is 2. The standard InChI is InChI=1S/C11H16F2N4O2S/c12-7(13)8-16-17-10(20-8)15-9(18)14-6-11(19)4-2-1-3-5-11/h7,19H,1-6H2,(H2,14,15,17,18). The zero-order valence-electron chi connectivity index (χ0n) is 10.7. The SMILES string of the molecule is O=C(NCC1(O)CCCCC1)Nc1nnc(C(F)F)s1. The lowest BCUT2D eigenvalue weighted by Crippen LogP contribution is -2.45. The Labute approximate surface area is 118 Å². The van der Waals surface area contributed by atoms with E-state index < -0.39 is 23.1 Å². The molecule has 0 bridgehead atoms. The summed E-state index contributed by atoms with van der Waals surface area (Å²) in [5.74, 6) is 0. The number of nitrogens with zero attached hydrogens (tertiary/aromatic N) is 2. The van der Waals surface area contributed by atoms with Crippen molar-refractivity contribution in [3.63, 3.8) is 0 Å². The van der Waals surface area contributed by atoms with Crippen LogP contribution in [0.4, 0.5) is 18.7 Å². The molecule has 1 saturated carbocycles. The third-order valence-corrected chi connectivity index (χ3v) is 4.06. The molecule has 0 aliphatic heterocycles. The fourth-order valence-corrected chi connectivity index (χ4v) is 2.74. The number of aliphatic hydroxyl groups is 1. The van der Waals surface area contributed by atoms with Crippen LogP contribution in [0.3, 0.4) is 0 Å². The zero-order chi connectivity index (χ0) is 14.6. The smallest absolute Gasteiger partial charge is 0.321 e. The van der Waals surface area contributed by atoms with Crippen LogP contribution in [0.15, 0.2) is 0 Å². The van der Waals surface area contributed by atoms with E-state index in [4.69, 9.17) is 0 Å². The summed E-state index contributed by atoms with van der Waals surface area (Å²) in [6.45, 7) is 0.138. The van der Waals surface area contributed by atoms with Crippen LogP contribution in [0, 0.1) is 0 Å². The number of alkyl halides is 2. The molecule has 3 N–H and O–H groups in total. The number of aromatic nitrogens is 2. The Kier molecular flexibility index (Phi) is 4.81. The van der Waals surface area contributed by atoms with Crippen LogP contribution in [-0.4, -0.2) is 33.5 Å². The fraction of sp³-hybridized carbons (Fsp3) is 0.727. The lowest BCUT2D eigenvalue weighted by atomic mass is 9.85. The quantitative estimate of drug-likeness (QED) is 0.796. The fourth-order valence-electron chi connectivity index (χ4n) is 2.15. The summed E-state index contributed by atoms with van der Waals surface area (Å²) >= 11 is 0.623. The minimum Gasteiger partial charge on any atom is -0.388 e. The number of nitrogens with one attached hydrogen (secondary N) is 2. The molecule has 0 aromatic carbocycles. The van der Waals surface area contributed by atoms with Gasteiger partial charge in [0.2, 0.25) is 5.13 Å². The van der Waals surface area contributed by atoms with Crippen molar-refractivity contribution in [2.75, 3.05) is 11.9 Å². The minimum absolute atomic E-state index is 0.00781. The molecule has 0 unspecified atom stereocenters. The van der Waals surface area contributed by atoms with Gasteiger partial charge >= 0.3 is 6.03 Å². The van der Waals surface area contributed by atoms with E-state index in [0.29, 0.717) is 24.2 Å². The van der Waals surface area contributed by atoms with Crippen LogP contribution < -0.4 is 10.6 Å². The first-order valence-corrected chi connectivity index (χ1v) is 7.19. The Bertz CT molecular complexity index is 463. The lowest BCUT2D eigenvalue weighted by molar-refractivity contribution is 0.00755. The van der Waals surface area contributed by atoms with Gasteiger partial charge in [-0.1, -0.05) is 30.6 Å². The van der Waals surface area contributed by atoms with E-state index in [1.807, 2.05) is 0 Å². The first-order valence-electron chi connectivity index (χ1n) is 6.37. The van der Waals surface area contributed by atoms with Crippen molar-refractivity contribution in [2.45, 2.75) is 44.1 Å². The predicted molar refractivity (Wildman–Crippen MR) is 69.9 cm³/mol. The summed E-state index contributed by atoms with van der Waals surface area (Å²) in [6.07, 6.45) is 1.58. The van der Waals surface area contributed by atoms with E-state index in [9.17, 15) is 18.7 Å². The lowest BCUT2D eigenvalue weighted by Gasteiger charge is -2.31. The molecule has 2 rings (SSSR count). The number of hydrogen-bond donors (Lipinski definition) is 3. The van der Waals surface area contributed by atoms with Gasteiger partial charge in [0.1, 0.15) is 0 Å². The summed E-state index contributed by atoms with van der Waals surface area (Å²) in [6, 6.07) is -0.582. The van der Waals surface area contributed by atoms with Crippen molar-refractivity contribution in [2.24, 2.45) is 0 Å². The van der Waals surface area contributed by atoms with Crippen LogP contribution >= 0.6 is 11.3 Å². The Morgan fingerprint density at radius 1 is 1.35 bits per heavy atom. The van der Waals surface area contributed by atoms with Gasteiger partial charge < -0.3 is 10.4 Å². The molecular formula is C11H16F2N4O2S. The third kappa shape index (κ3) is 4.07. The van der Waals surface area contributed by atoms with Crippen molar-refractivity contribution in [3.8, 4) is 0 Å². The van der Waals surface area contributed by atoms with Crippen molar-refractivity contribution in [1.29, 1.82) is 0 Å². The van der Waals surface area contributed by atoms with Gasteiger partial charge in [-0.2, -0.15) is 0 Å². The van der Waals surface area contributed by atoms with Gasteiger partial charge in [0.05, 0.1) is 5.60 Å². The molecule has 1 heterocycles. The number of rotatable bonds is 4. The van der Waals surface area contributed by atoms with Crippen LogP contribution in [-0.2, 0) is 0 Å². The van der Waals surface area contributed by atoms with Gasteiger partial charge in [-0.3, -0.25) is 5.32 Å². The maximum absolute atomic E-state index is 12.3. The highest BCUT2D eigenvalue weighted by Crippen LogP contribution is 2.27. The predicted octanol–water partition coefficient (Wildman–Crippen LogP) is 2.29. The molecule has 0 saturated heterocycles. The van der Waals surface area contributed by atoms with Crippen molar-refractivity contribution >= 4 is 22.5 Å². The van der Waals surface area contributed by atoms with Gasteiger partial charge in [0.15, 0.2) is 5.01 Å². The molecule has 112 valence electrons. The molecule has 1 fully saturated rings. The highest BCUT2D eigenvalue weighted by molar-refractivity contribution is 7.15. The van der Waals surface area contributed by atoms with E-state index >= 15 is 0 Å². The number of carbonyl (C=O) groups excluding carboxylic acids is 1. The largest absolute Gasteiger partial charge is 0.388 e. The van der Waals surface area contributed by atoms with Crippen molar-refractivity contribution in [1.82, 2.24) is 15.5 Å². The number of carbonyl (C=O) groups is 1. The molecule has 9 heteroatoms. The summed E-state index contributed by atoms with van der Waals surface area (Å²) in [4.78, 5) is 11.6. The zero-order valence-corrected chi connectivity index (χ0v) is 11.6. The molecule has 0 spiro atoms. The average molecular weight is 306 g/mol. The maximum Gasteiger partial charge on any atom is 0.321 e. The second kappa shape index (κ2) is 6.40. The van der Waals surface area contributed by atoms with Gasteiger partial charge in [-0.15, -0.1) is 10.2 Å². The summed E-state index contributed by atoms with van der Waals surface area (Å²) in [5.41, 5.74) is -0.870. The molecule has 1 aromatic rings. The molecular weight excluding hydrogens is 290 g/mol. The Balaban J connectivity index is 1.79. The molecule has 1 aliphatic rings. The average Bonchev–Trinajstić information content (AvgIpc) is 2.86. The van der Waals surface area contributed by atoms with E-state index in [0.717, 1.165) is 19.3 Å². The Morgan fingerprint density at radius 3 is 2.65 bits per heavy atom. The summed E-state index contributed by atoms with van der Waals surface area (Å²) in [5, 5.41) is 21.3. The Hall–Kier alpha value is -1.35. The van der Waals surface area contributed by atoms with E-state index in [1.54, 1.807) is 0 Å². The van der Waals surface area contributed by atoms with E-state index in [1.165, 1.54) is 0 Å². The molecule has 0 atom stereocenters. The molecule has 2 amide bonds. The number of anilines is 1. The molecule has 1 aromatic heterocycles. The monoisotopic (exact) mass is 306 g/mol. The number of hydrogen-bond acceptors (Lipinski definition) is 5. The normalized spacial score (nSPS) is 18.0. The topological polar surface area (TPSA) is 87.1 Å². The second-order valence-corrected chi connectivity index (χ2v) is 5.85. The first-order chi connectivity index (χ1) is 9.48. The van der Waals surface area contributed by atoms with Crippen LogP contribution in [0.25, 0.3) is 0 Å². The highest BCUT2D eigenvalue weighted by Gasteiger charge is 2.29. The molecule has 0 radical (unpaired) electrons. The van der Waals surface area contributed by atoms with Crippen LogP contribution in [0.2, 0.25) is 0 Å². The number of amides is 2. The molecule has 1 aliphatic carbocycles.